The quantitative estimate of drug-likeness (QED) is 0.626. The van der Waals surface area contributed by atoms with Crippen molar-refractivity contribution in [3.8, 4) is 0 Å². The third kappa shape index (κ3) is 4.37. The van der Waals surface area contributed by atoms with Gasteiger partial charge in [0.05, 0.1) is 12.0 Å². The van der Waals surface area contributed by atoms with Crippen molar-refractivity contribution in [1.29, 1.82) is 0 Å². The third-order valence-electron chi connectivity index (χ3n) is 4.39. The summed E-state index contributed by atoms with van der Waals surface area (Å²) in [4.78, 5) is 22.9. The number of carboxylic acids is 1. The van der Waals surface area contributed by atoms with Gasteiger partial charge >= 0.3 is 12.0 Å². The van der Waals surface area contributed by atoms with E-state index in [9.17, 15) is 14.7 Å². The maximum absolute atomic E-state index is 11.9. The predicted molar refractivity (Wildman–Crippen MR) is 73.3 cm³/mol. The lowest BCUT2D eigenvalue weighted by Gasteiger charge is -2.30. The number of hydrogen-bond donors (Lipinski definition) is 4. The highest BCUT2D eigenvalue weighted by Crippen LogP contribution is 2.24. The number of carbonyl (C=O) groups excluding carboxylic acids is 1. The van der Waals surface area contributed by atoms with E-state index in [1.165, 1.54) is 0 Å². The second kappa shape index (κ2) is 6.92. The largest absolute Gasteiger partial charge is 0.481 e. The fraction of sp³-hybridized carbons (Fsp3) is 0.857. The number of nitrogens with one attached hydrogen (secondary N) is 2. The average Bonchev–Trinajstić information content (AvgIpc) is 2.41. The van der Waals surface area contributed by atoms with E-state index >= 15 is 0 Å². The van der Waals surface area contributed by atoms with Crippen LogP contribution in [0.2, 0.25) is 0 Å². The minimum Gasteiger partial charge on any atom is -0.481 e. The van der Waals surface area contributed by atoms with Crippen LogP contribution in [-0.2, 0) is 4.79 Å². The second-order valence-corrected chi connectivity index (χ2v) is 6.02. The van der Waals surface area contributed by atoms with Gasteiger partial charge < -0.3 is 20.8 Å². The third-order valence-corrected chi connectivity index (χ3v) is 4.39. The van der Waals surface area contributed by atoms with Crippen LogP contribution in [0.15, 0.2) is 0 Å². The number of hydrogen-bond acceptors (Lipinski definition) is 3. The van der Waals surface area contributed by atoms with E-state index in [0.717, 1.165) is 38.5 Å². The lowest BCUT2D eigenvalue weighted by atomic mass is 9.86. The second-order valence-electron chi connectivity index (χ2n) is 6.02. The predicted octanol–water partition coefficient (Wildman–Crippen LogP) is 1.23. The van der Waals surface area contributed by atoms with Gasteiger partial charge in [0.2, 0.25) is 0 Å². The molecule has 0 aromatic carbocycles. The molecule has 6 heteroatoms. The topological polar surface area (TPSA) is 98.7 Å². The van der Waals surface area contributed by atoms with Gasteiger partial charge in [0.1, 0.15) is 0 Å². The zero-order valence-corrected chi connectivity index (χ0v) is 11.7. The van der Waals surface area contributed by atoms with Crippen LogP contribution in [0, 0.1) is 5.92 Å². The van der Waals surface area contributed by atoms with Crippen LogP contribution in [-0.4, -0.2) is 40.4 Å². The summed E-state index contributed by atoms with van der Waals surface area (Å²) < 4.78 is 0. The van der Waals surface area contributed by atoms with Gasteiger partial charge in [-0.05, 0) is 44.9 Å². The van der Waals surface area contributed by atoms with E-state index in [0.29, 0.717) is 12.8 Å². The molecule has 4 N–H and O–H groups in total. The number of carbonyl (C=O) groups is 2. The van der Waals surface area contributed by atoms with Gasteiger partial charge in [-0.2, -0.15) is 0 Å². The molecule has 2 rings (SSSR count). The molecule has 2 unspecified atom stereocenters. The molecule has 2 aliphatic carbocycles. The maximum atomic E-state index is 11.9. The van der Waals surface area contributed by atoms with E-state index in [4.69, 9.17) is 5.11 Å². The summed E-state index contributed by atoms with van der Waals surface area (Å²) >= 11 is 0. The molecule has 0 aromatic heterocycles. The Bertz CT molecular complexity index is 353. The summed E-state index contributed by atoms with van der Waals surface area (Å²) in [5, 5.41) is 24.3. The van der Waals surface area contributed by atoms with E-state index in [1.807, 2.05) is 0 Å². The molecule has 0 heterocycles. The molecule has 0 radical (unpaired) electrons. The van der Waals surface area contributed by atoms with E-state index in [2.05, 4.69) is 10.6 Å². The van der Waals surface area contributed by atoms with Gasteiger partial charge in [0, 0.05) is 12.1 Å². The normalized spacial score (nSPS) is 34.2. The first kappa shape index (κ1) is 15.1. The highest BCUT2D eigenvalue weighted by Gasteiger charge is 2.28. The molecule has 2 saturated carbocycles. The monoisotopic (exact) mass is 284 g/mol. The van der Waals surface area contributed by atoms with Gasteiger partial charge in [0.25, 0.3) is 0 Å². The van der Waals surface area contributed by atoms with Crippen LogP contribution >= 0.6 is 0 Å². The van der Waals surface area contributed by atoms with Crippen molar-refractivity contribution in [3.63, 3.8) is 0 Å². The Hall–Kier alpha value is -1.30. The number of amides is 2. The Morgan fingerprint density at radius 3 is 2.20 bits per heavy atom. The number of aliphatic hydroxyl groups excluding tert-OH is 1. The number of urea groups is 1. The van der Waals surface area contributed by atoms with Crippen LogP contribution in [0.25, 0.3) is 0 Å². The summed E-state index contributed by atoms with van der Waals surface area (Å²) in [6.45, 7) is 0. The number of aliphatic hydroxyl groups is 1. The summed E-state index contributed by atoms with van der Waals surface area (Å²) in [6, 6.07) is -0.126. The maximum Gasteiger partial charge on any atom is 0.315 e. The van der Waals surface area contributed by atoms with Crippen molar-refractivity contribution < 1.29 is 19.8 Å². The molecule has 2 aliphatic rings. The minimum absolute atomic E-state index is 0.0426. The van der Waals surface area contributed by atoms with Crippen molar-refractivity contribution in [2.24, 2.45) is 5.92 Å². The van der Waals surface area contributed by atoms with Crippen LogP contribution in [0.3, 0.4) is 0 Å². The summed E-state index contributed by atoms with van der Waals surface area (Å²) in [7, 11) is 0. The highest BCUT2D eigenvalue weighted by molar-refractivity contribution is 5.75. The molecule has 0 aromatic rings. The van der Waals surface area contributed by atoms with Gasteiger partial charge in [-0.1, -0.05) is 6.42 Å². The summed E-state index contributed by atoms with van der Waals surface area (Å²) in [5.74, 6) is -1.10. The van der Waals surface area contributed by atoms with Gasteiger partial charge in [-0.25, -0.2) is 4.79 Å². The zero-order chi connectivity index (χ0) is 14.5. The Balaban J connectivity index is 1.72. The molecular weight excluding hydrogens is 260 g/mol. The smallest absolute Gasteiger partial charge is 0.315 e. The first-order valence-electron chi connectivity index (χ1n) is 7.52. The average molecular weight is 284 g/mol. The molecule has 0 spiro atoms. The highest BCUT2D eigenvalue weighted by atomic mass is 16.4. The molecule has 2 atom stereocenters. The molecule has 114 valence electrons. The van der Waals surface area contributed by atoms with E-state index < -0.39 is 5.97 Å². The molecular formula is C14H24N2O4. The van der Waals surface area contributed by atoms with Crippen molar-refractivity contribution in [2.45, 2.75) is 69.6 Å². The Morgan fingerprint density at radius 2 is 1.55 bits per heavy atom. The summed E-state index contributed by atoms with van der Waals surface area (Å²) in [5.41, 5.74) is 0. The Morgan fingerprint density at radius 1 is 0.900 bits per heavy atom. The molecule has 2 fully saturated rings. The van der Waals surface area contributed by atoms with Crippen molar-refractivity contribution >= 4 is 12.0 Å². The Kier molecular flexibility index (Phi) is 5.23. The number of aliphatic carboxylic acids is 1. The van der Waals surface area contributed by atoms with Crippen molar-refractivity contribution in [3.05, 3.63) is 0 Å². The number of carboxylic acid groups (broad SMARTS) is 1. The molecule has 20 heavy (non-hydrogen) atoms. The van der Waals surface area contributed by atoms with Crippen LogP contribution in [0.4, 0.5) is 4.79 Å². The SMILES string of the molecule is O=C(NC1CCC(O)CC1)NC1CCCC(C(=O)O)C1. The van der Waals surface area contributed by atoms with Crippen molar-refractivity contribution in [2.75, 3.05) is 0 Å². The van der Waals surface area contributed by atoms with Crippen LogP contribution in [0.5, 0.6) is 0 Å². The van der Waals surface area contributed by atoms with E-state index in [1.54, 1.807) is 0 Å². The first-order valence-corrected chi connectivity index (χ1v) is 7.52. The molecule has 2 amide bonds. The molecule has 0 saturated heterocycles. The van der Waals surface area contributed by atoms with Gasteiger partial charge in [0.15, 0.2) is 0 Å². The fourth-order valence-electron chi connectivity index (χ4n) is 3.18. The van der Waals surface area contributed by atoms with E-state index in [-0.39, 0.29) is 30.1 Å². The standard InChI is InChI=1S/C14H24N2O4/c17-12-6-4-10(5-7-12)15-14(20)16-11-3-1-2-9(8-11)13(18)19/h9-12,17H,1-8H2,(H,18,19)(H2,15,16,20). The first-order chi connectivity index (χ1) is 9.54. The number of rotatable bonds is 3. The van der Waals surface area contributed by atoms with Crippen LogP contribution in [0.1, 0.15) is 51.4 Å². The molecule has 0 bridgehead atoms. The lowest BCUT2D eigenvalue weighted by molar-refractivity contribution is -0.143. The fourth-order valence-corrected chi connectivity index (χ4v) is 3.18. The Labute approximate surface area is 118 Å². The summed E-state index contributed by atoms with van der Waals surface area (Å²) in [6.07, 6.45) is 5.75. The molecule has 6 nitrogen and oxygen atoms in total. The zero-order valence-electron chi connectivity index (χ0n) is 11.7. The minimum atomic E-state index is -0.766. The lowest BCUT2D eigenvalue weighted by Crippen LogP contribution is -2.49. The van der Waals surface area contributed by atoms with Crippen molar-refractivity contribution in [1.82, 2.24) is 10.6 Å². The molecule has 0 aliphatic heterocycles. The van der Waals surface area contributed by atoms with Crippen LogP contribution < -0.4 is 10.6 Å². The van der Waals surface area contributed by atoms with Gasteiger partial charge in [-0.3, -0.25) is 4.79 Å². The van der Waals surface area contributed by atoms with Gasteiger partial charge in [-0.15, -0.1) is 0 Å².